The van der Waals surface area contributed by atoms with Crippen molar-refractivity contribution >= 4 is 34.2 Å². The molecule has 4 heteroatoms. The van der Waals surface area contributed by atoms with Gasteiger partial charge >= 0.3 is 0 Å². The Morgan fingerprint density at radius 2 is 1.85 bits per heavy atom. The molecule has 0 heterocycles. The Hall–Kier alpha value is -1.56. The van der Waals surface area contributed by atoms with Crippen molar-refractivity contribution in [3.8, 4) is 5.75 Å². The summed E-state index contributed by atoms with van der Waals surface area (Å²) >= 11 is 2.16. The molecule has 20 heavy (non-hydrogen) atoms. The van der Waals surface area contributed by atoms with Crippen molar-refractivity contribution in [3.05, 3.63) is 57.7 Å². The summed E-state index contributed by atoms with van der Waals surface area (Å²) in [5.41, 5.74) is 1.44. The summed E-state index contributed by atoms with van der Waals surface area (Å²) in [7, 11) is 0. The fourth-order valence-corrected chi connectivity index (χ4v) is 2.33. The van der Waals surface area contributed by atoms with Crippen LogP contribution in [0.5, 0.6) is 5.75 Å². The van der Waals surface area contributed by atoms with Gasteiger partial charge < -0.3 is 10.1 Å². The zero-order chi connectivity index (χ0) is 14.4. The normalized spacial score (nSPS) is 10.1. The molecule has 0 saturated heterocycles. The quantitative estimate of drug-likeness (QED) is 0.783. The van der Waals surface area contributed by atoms with E-state index in [1.54, 1.807) is 0 Å². The van der Waals surface area contributed by atoms with Gasteiger partial charge in [0.15, 0.2) is 0 Å². The summed E-state index contributed by atoms with van der Waals surface area (Å²) in [6.07, 6.45) is 0.977. The molecule has 0 aliphatic heterocycles. The van der Waals surface area contributed by atoms with Gasteiger partial charge in [0, 0.05) is 9.26 Å². The van der Waals surface area contributed by atoms with Gasteiger partial charge in [0.2, 0.25) is 0 Å². The highest BCUT2D eigenvalue weighted by Crippen LogP contribution is 2.18. The number of benzene rings is 2. The zero-order valence-electron chi connectivity index (χ0n) is 11.2. The number of hydrogen-bond donors (Lipinski definition) is 1. The summed E-state index contributed by atoms with van der Waals surface area (Å²) in [5, 5.41) is 2.88. The van der Waals surface area contributed by atoms with Crippen molar-refractivity contribution in [2.75, 3.05) is 11.9 Å². The second kappa shape index (κ2) is 7.28. The van der Waals surface area contributed by atoms with E-state index in [9.17, 15) is 4.79 Å². The molecular weight excluding hydrogens is 365 g/mol. The SMILES string of the molecule is CCCOc1ccc(NC(=O)c2ccccc2I)cc1. The first-order valence-corrected chi connectivity index (χ1v) is 7.57. The third-order valence-electron chi connectivity index (χ3n) is 2.70. The van der Waals surface area contributed by atoms with Gasteiger partial charge in [-0.1, -0.05) is 19.1 Å². The molecule has 0 aliphatic rings. The average Bonchev–Trinajstić information content (AvgIpc) is 2.47. The van der Waals surface area contributed by atoms with Crippen molar-refractivity contribution in [2.45, 2.75) is 13.3 Å². The van der Waals surface area contributed by atoms with E-state index in [-0.39, 0.29) is 5.91 Å². The van der Waals surface area contributed by atoms with E-state index in [1.807, 2.05) is 48.5 Å². The van der Waals surface area contributed by atoms with Crippen molar-refractivity contribution < 1.29 is 9.53 Å². The third-order valence-corrected chi connectivity index (χ3v) is 3.64. The highest BCUT2D eigenvalue weighted by molar-refractivity contribution is 14.1. The van der Waals surface area contributed by atoms with Gasteiger partial charge in [-0.05, 0) is 65.4 Å². The molecule has 0 atom stereocenters. The van der Waals surface area contributed by atoms with Gasteiger partial charge in [-0.2, -0.15) is 0 Å². The molecule has 1 amide bonds. The maximum Gasteiger partial charge on any atom is 0.256 e. The van der Waals surface area contributed by atoms with E-state index < -0.39 is 0 Å². The van der Waals surface area contributed by atoms with Crippen LogP contribution < -0.4 is 10.1 Å². The van der Waals surface area contributed by atoms with Crippen LogP contribution in [-0.2, 0) is 0 Å². The Kier molecular flexibility index (Phi) is 5.40. The number of amides is 1. The van der Waals surface area contributed by atoms with E-state index in [0.29, 0.717) is 12.2 Å². The van der Waals surface area contributed by atoms with Gasteiger partial charge in [-0.3, -0.25) is 4.79 Å². The molecule has 0 aliphatic carbocycles. The smallest absolute Gasteiger partial charge is 0.256 e. The third kappa shape index (κ3) is 3.96. The number of carbonyl (C=O) groups is 1. The number of hydrogen-bond acceptors (Lipinski definition) is 2. The van der Waals surface area contributed by atoms with Gasteiger partial charge in [-0.15, -0.1) is 0 Å². The van der Waals surface area contributed by atoms with Crippen LogP contribution in [0.1, 0.15) is 23.7 Å². The average molecular weight is 381 g/mol. The fourth-order valence-electron chi connectivity index (χ4n) is 1.70. The molecule has 2 aromatic carbocycles. The molecule has 0 spiro atoms. The Morgan fingerprint density at radius 3 is 2.50 bits per heavy atom. The molecular formula is C16H16INO2. The van der Waals surface area contributed by atoms with Crippen LogP contribution in [0.3, 0.4) is 0 Å². The van der Waals surface area contributed by atoms with E-state index in [4.69, 9.17) is 4.74 Å². The lowest BCUT2D eigenvalue weighted by Crippen LogP contribution is -2.13. The van der Waals surface area contributed by atoms with Crippen LogP contribution in [0, 0.1) is 3.57 Å². The minimum absolute atomic E-state index is 0.0998. The number of rotatable bonds is 5. The Labute approximate surface area is 132 Å². The van der Waals surface area contributed by atoms with Crippen molar-refractivity contribution in [1.82, 2.24) is 0 Å². The van der Waals surface area contributed by atoms with Crippen LogP contribution in [-0.4, -0.2) is 12.5 Å². The topological polar surface area (TPSA) is 38.3 Å². The van der Waals surface area contributed by atoms with E-state index >= 15 is 0 Å². The second-order valence-corrected chi connectivity index (χ2v) is 5.47. The molecule has 0 fully saturated rings. The first kappa shape index (κ1) is 14.8. The Morgan fingerprint density at radius 1 is 1.15 bits per heavy atom. The summed E-state index contributed by atoms with van der Waals surface area (Å²) in [6, 6.07) is 14.9. The molecule has 0 aromatic heterocycles. The summed E-state index contributed by atoms with van der Waals surface area (Å²) in [6.45, 7) is 2.77. The lowest BCUT2D eigenvalue weighted by atomic mass is 10.2. The number of carbonyl (C=O) groups excluding carboxylic acids is 1. The van der Waals surface area contributed by atoms with Gasteiger partial charge in [-0.25, -0.2) is 0 Å². The molecule has 1 N–H and O–H groups in total. The standard InChI is InChI=1S/C16H16INO2/c1-2-11-20-13-9-7-12(8-10-13)18-16(19)14-5-3-4-6-15(14)17/h3-10H,2,11H2,1H3,(H,18,19). The summed E-state index contributed by atoms with van der Waals surface area (Å²) in [5.74, 6) is 0.719. The first-order chi connectivity index (χ1) is 9.70. The van der Waals surface area contributed by atoms with E-state index in [2.05, 4.69) is 34.8 Å². The van der Waals surface area contributed by atoms with Crippen LogP contribution >= 0.6 is 22.6 Å². The molecule has 3 nitrogen and oxygen atoms in total. The van der Waals surface area contributed by atoms with Gasteiger partial charge in [0.25, 0.3) is 5.91 Å². The highest BCUT2D eigenvalue weighted by Gasteiger charge is 2.09. The molecule has 0 bridgehead atoms. The fraction of sp³-hybridized carbons (Fsp3) is 0.188. The molecule has 104 valence electrons. The predicted molar refractivity (Wildman–Crippen MR) is 89.3 cm³/mol. The number of nitrogens with one attached hydrogen (secondary N) is 1. The predicted octanol–water partition coefficient (Wildman–Crippen LogP) is 4.33. The molecule has 0 unspecified atom stereocenters. The van der Waals surface area contributed by atoms with Gasteiger partial charge in [0.05, 0.1) is 12.2 Å². The van der Waals surface area contributed by atoms with E-state index in [0.717, 1.165) is 21.4 Å². The largest absolute Gasteiger partial charge is 0.494 e. The van der Waals surface area contributed by atoms with Crippen molar-refractivity contribution in [2.24, 2.45) is 0 Å². The van der Waals surface area contributed by atoms with Crippen LogP contribution in [0.4, 0.5) is 5.69 Å². The van der Waals surface area contributed by atoms with Crippen molar-refractivity contribution in [3.63, 3.8) is 0 Å². The lowest BCUT2D eigenvalue weighted by molar-refractivity contribution is 0.102. The summed E-state index contributed by atoms with van der Waals surface area (Å²) in [4.78, 5) is 12.1. The minimum Gasteiger partial charge on any atom is -0.494 e. The van der Waals surface area contributed by atoms with Crippen molar-refractivity contribution in [1.29, 1.82) is 0 Å². The number of anilines is 1. The van der Waals surface area contributed by atoms with Crippen LogP contribution in [0.2, 0.25) is 0 Å². The Balaban J connectivity index is 2.03. The first-order valence-electron chi connectivity index (χ1n) is 6.49. The summed E-state index contributed by atoms with van der Waals surface area (Å²) < 4.78 is 6.44. The number of halogens is 1. The maximum atomic E-state index is 12.1. The van der Waals surface area contributed by atoms with Crippen LogP contribution in [0.25, 0.3) is 0 Å². The maximum absolute atomic E-state index is 12.1. The molecule has 0 saturated carbocycles. The zero-order valence-corrected chi connectivity index (χ0v) is 13.4. The highest BCUT2D eigenvalue weighted by atomic mass is 127. The van der Waals surface area contributed by atoms with E-state index in [1.165, 1.54) is 0 Å². The van der Waals surface area contributed by atoms with Gasteiger partial charge in [0.1, 0.15) is 5.75 Å². The molecule has 2 aromatic rings. The van der Waals surface area contributed by atoms with Crippen LogP contribution in [0.15, 0.2) is 48.5 Å². The minimum atomic E-state index is -0.0998. The molecule has 0 radical (unpaired) electrons. The Bertz CT molecular complexity index is 581. The monoisotopic (exact) mass is 381 g/mol. The second-order valence-electron chi connectivity index (χ2n) is 4.31. The lowest BCUT2D eigenvalue weighted by Gasteiger charge is -2.08. The number of ether oxygens (including phenoxy) is 1. The molecule has 2 rings (SSSR count).